The van der Waals surface area contributed by atoms with Gasteiger partial charge in [-0.3, -0.25) is 4.79 Å². The van der Waals surface area contributed by atoms with Crippen molar-refractivity contribution in [2.24, 2.45) is 0 Å². The van der Waals surface area contributed by atoms with Crippen molar-refractivity contribution in [3.8, 4) is 0 Å². The molecule has 3 rings (SSSR count). The number of sulfonamides is 1. The predicted molar refractivity (Wildman–Crippen MR) is 123 cm³/mol. The highest BCUT2D eigenvalue weighted by Crippen LogP contribution is 2.26. The summed E-state index contributed by atoms with van der Waals surface area (Å²) in [6, 6.07) is 13.7. The quantitative estimate of drug-likeness (QED) is 0.634. The standard InChI is InChI=1S/C24H32N2O4S/c1-18(2)30-17-19-8-7-9-21(16-19)25-24(27)20-12-14-23(15-13-20)31(28,29)26(3)22-10-5-4-6-11-22/h7-9,12-16,18,22H,4-6,10-11,17H2,1-3H3,(H,25,27). The van der Waals surface area contributed by atoms with Crippen molar-refractivity contribution in [1.82, 2.24) is 4.31 Å². The van der Waals surface area contributed by atoms with Crippen LogP contribution in [0.4, 0.5) is 5.69 Å². The molecule has 2 aromatic carbocycles. The van der Waals surface area contributed by atoms with E-state index in [4.69, 9.17) is 4.74 Å². The van der Waals surface area contributed by atoms with E-state index in [1.165, 1.54) is 22.9 Å². The zero-order chi connectivity index (χ0) is 22.4. The molecule has 0 aliphatic heterocycles. The molecule has 1 aliphatic carbocycles. The molecule has 0 spiro atoms. The largest absolute Gasteiger partial charge is 0.374 e. The number of rotatable bonds is 8. The van der Waals surface area contributed by atoms with Crippen LogP contribution in [0.1, 0.15) is 61.9 Å². The highest BCUT2D eigenvalue weighted by atomic mass is 32.2. The number of benzene rings is 2. The zero-order valence-corrected chi connectivity index (χ0v) is 19.3. The first-order valence-corrected chi connectivity index (χ1v) is 12.3. The Morgan fingerprint density at radius 2 is 1.77 bits per heavy atom. The van der Waals surface area contributed by atoms with Crippen molar-refractivity contribution in [2.75, 3.05) is 12.4 Å². The summed E-state index contributed by atoms with van der Waals surface area (Å²) in [5.74, 6) is -0.286. The number of nitrogens with one attached hydrogen (secondary N) is 1. The summed E-state index contributed by atoms with van der Waals surface area (Å²) >= 11 is 0. The molecular weight excluding hydrogens is 412 g/mol. The third kappa shape index (κ3) is 6.15. The van der Waals surface area contributed by atoms with Crippen LogP contribution in [0.5, 0.6) is 0 Å². The number of anilines is 1. The smallest absolute Gasteiger partial charge is 0.255 e. The summed E-state index contributed by atoms with van der Waals surface area (Å²) < 4.78 is 33.0. The average Bonchev–Trinajstić information content (AvgIpc) is 2.78. The average molecular weight is 445 g/mol. The van der Waals surface area contributed by atoms with Crippen LogP contribution in [0.15, 0.2) is 53.4 Å². The molecule has 0 atom stereocenters. The lowest BCUT2D eigenvalue weighted by Gasteiger charge is -2.30. The van der Waals surface area contributed by atoms with E-state index in [0.717, 1.165) is 31.2 Å². The topological polar surface area (TPSA) is 75.7 Å². The molecule has 0 radical (unpaired) electrons. The molecule has 1 amide bonds. The molecule has 0 heterocycles. The molecule has 0 aromatic heterocycles. The van der Waals surface area contributed by atoms with Crippen LogP contribution in [0.3, 0.4) is 0 Å². The number of nitrogens with zero attached hydrogens (tertiary/aromatic N) is 1. The van der Waals surface area contributed by atoms with Gasteiger partial charge in [-0.15, -0.1) is 0 Å². The first-order valence-electron chi connectivity index (χ1n) is 10.9. The van der Waals surface area contributed by atoms with Gasteiger partial charge in [0.1, 0.15) is 0 Å². The predicted octanol–water partition coefficient (Wildman–Crippen LogP) is 4.82. The molecule has 1 N–H and O–H groups in total. The lowest BCUT2D eigenvalue weighted by atomic mass is 9.96. The molecule has 1 fully saturated rings. The molecule has 0 bridgehead atoms. The van der Waals surface area contributed by atoms with Gasteiger partial charge < -0.3 is 10.1 Å². The molecule has 2 aromatic rings. The van der Waals surface area contributed by atoms with Crippen LogP contribution in [-0.2, 0) is 21.4 Å². The number of amides is 1. The van der Waals surface area contributed by atoms with Gasteiger partial charge in [0.15, 0.2) is 0 Å². The lowest BCUT2D eigenvalue weighted by molar-refractivity contribution is 0.0657. The van der Waals surface area contributed by atoms with E-state index in [1.807, 2.05) is 38.1 Å². The molecule has 1 aliphatic rings. The fourth-order valence-electron chi connectivity index (χ4n) is 3.79. The van der Waals surface area contributed by atoms with Crippen LogP contribution in [0, 0.1) is 0 Å². The second kappa shape index (κ2) is 10.4. The van der Waals surface area contributed by atoms with E-state index in [2.05, 4.69) is 5.32 Å². The van der Waals surface area contributed by atoms with Crippen LogP contribution >= 0.6 is 0 Å². The van der Waals surface area contributed by atoms with Gasteiger partial charge in [-0.1, -0.05) is 31.4 Å². The van der Waals surface area contributed by atoms with Crippen LogP contribution < -0.4 is 5.32 Å². The van der Waals surface area contributed by atoms with Gasteiger partial charge in [0.2, 0.25) is 10.0 Å². The number of hydrogen-bond acceptors (Lipinski definition) is 4. The highest BCUT2D eigenvalue weighted by Gasteiger charge is 2.29. The molecular formula is C24H32N2O4S. The normalized spacial score (nSPS) is 15.4. The van der Waals surface area contributed by atoms with Crippen molar-refractivity contribution in [3.63, 3.8) is 0 Å². The lowest BCUT2D eigenvalue weighted by Crippen LogP contribution is -2.38. The number of ether oxygens (including phenoxy) is 1. The molecule has 1 saturated carbocycles. The fraction of sp³-hybridized carbons (Fsp3) is 0.458. The van der Waals surface area contributed by atoms with Gasteiger partial charge in [0, 0.05) is 24.3 Å². The van der Waals surface area contributed by atoms with Gasteiger partial charge in [-0.25, -0.2) is 8.42 Å². The maximum absolute atomic E-state index is 13.0. The van der Waals surface area contributed by atoms with Crippen molar-refractivity contribution < 1.29 is 17.9 Å². The summed E-state index contributed by atoms with van der Waals surface area (Å²) in [5.41, 5.74) is 2.05. The van der Waals surface area contributed by atoms with Gasteiger partial charge in [0.25, 0.3) is 5.91 Å². The minimum Gasteiger partial charge on any atom is -0.374 e. The number of carbonyl (C=O) groups is 1. The first kappa shape index (κ1) is 23.4. The zero-order valence-electron chi connectivity index (χ0n) is 18.5. The Kier molecular flexibility index (Phi) is 7.86. The SMILES string of the molecule is CC(C)OCc1cccc(NC(=O)c2ccc(S(=O)(=O)N(C)C3CCCCC3)cc2)c1. The number of carbonyl (C=O) groups excluding carboxylic acids is 1. The molecule has 31 heavy (non-hydrogen) atoms. The fourth-order valence-corrected chi connectivity index (χ4v) is 5.21. The molecule has 7 heteroatoms. The van der Waals surface area contributed by atoms with Crippen molar-refractivity contribution in [1.29, 1.82) is 0 Å². The maximum atomic E-state index is 13.0. The third-order valence-corrected chi connectivity index (χ3v) is 7.57. The van der Waals surface area contributed by atoms with E-state index in [9.17, 15) is 13.2 Å². The van der Waals surface area contributed by atoms with Crippen molar-refractivity contribution >= 4 is 21.6 Å². The minimum absolute atomic E-state index is 0.0497. The van der Waals surface area contributed by atoms with Gasteiger partial charge in [-0.05, 0) is 68.7 Å². The summed E-state index contributed by atoms with van der Waals surface area (Å²) in [7, 11) is -1.92. The van der Waals surface area contributed by atoms with Gasteiger partial charge in [-0.2, -0.15) is 4.31 Å². The molecule has 0 unspecified atom stereocenters. The Hall–Kier alpha value is -2.22. The summed E-state index contributed by atoms with van der Waals surface area (Å²) in [6.45, 7) is 4.42. The molecule has 168 valence electrons. The summed E-state index contributed by atoms with van der Waals surface area (Å²) in [6.07, 6.45) is 5.23. The molecule has 6 nitrogen and oxygen atoms in total. The van der Waals surface area contributed by atoms with Crippen LogP contribution in [0.2, 0.25) is 0 Å². The summed E-state index contributed by atoms with van der Waals surface area (Å²) in [4.78, 5) is 12.8. The van der Waals surface area contributed by atoms with Crippen LogP contribution in [-0.4, -0.2) is 37.8 Å². The Morgan fingerprint density at radius 1 is 1.10 bits per heavy atom. The van der Waals surface area contributed by atoms with Crippen molar-refractivity contribution in [2.45, 2.75) is 69.6 Å². The van der Waals surface area contributed by atoms with Gasteiger partial charge >= 0.3 is 0 Å². The minimum atomic E-state index is -3.57. The van der Waals surface area contributed by atoms with E-state index in [-0.39, 0.29) is 22.9 Å². The van der Waals surface area contributed by atoms with Crippen molar-refractivity contribution in [3.05, 3.63) is 59.7 Å². The highest BCUT2D eigenvalue weighted by molar-refractivity contribution is 7.89. The third-order valence-electron chi connectivity index (χ3n) is 5.65. The summed E-state index contributed by atoms with van der Waals surface area (Å²) in [5, 5.41) is 2.86. The molecule has 0 saturated heterocycles. The van der Waals surface area contributed by atoms with E-state index < -0.39 is 10.0 Å². The van der Waals surface area contributed by atoms with Crippen LogP contribution in [0.25, 0.3) is 0 Å². The van der Waals surface area contributed by atoms with E-state index >= 15 is 0 Å². The Labute approximate surface area is 185 Å². The second-order valence-electron chi connectivity index (χ2n) is 8.35. The number of hydrogen-bond donors (Lipinski definition) is 1. The van der Waals surface area contributed by atoms with Gasteiger partial charge in [0.05, 0.1) is 17.6 Å². The Bertz CT molecular complexity index is 981. The Morgan fingerprint density at radius 3 is 2.42 bits per heavy atom. The van der Waals surface area contributed by atoms with E-state index in [1.54, 1.807) is 19.2 Å². The second-order valence-corrected chi connectivity index (χ2v) is 10.3. The Balaban J connectivity index is 1.67. The first-order chi connectivity index (χ1) is 14.8. The maximum Gasteiger partial charge on any atom is 0.255 e. The monoisotopic (exact) mass is 444 g/mol. The van der Waals surface area contributed by atoms with E-state index in [0.29, 0.717) is 17.9 Å².